The van der Waals surface area contributed by atoms with Gasteiger partial charge in [-0.3, -0.25) is 4.79 Å². The minimum absolute atomic E-state index is 0.0323. The standard InChI is InChI=1S/C15H18N2O4S/c1-22(19,20)17(11-14-8-5-9-21-14)12-15(18)16-10-13-6-3-2-4-7-13/h2-9H,10-12H2,1H3,(H,16,18). The Labute approximate surface area is 129 Å². The Balaban J connectivity index is 1.93. The second-order valence-corrected chi connectivity index (χ2v) is 6.86. The van der Waals surface area contributed by atoms with Crippen molar-refractivity contribution in [2.24, 2.45) is 0 Å². The third-order valence-corrected chi connectivity index (χ3v) is 4.23. The molecule has 22 heavy (non-hydrogen) atoms. The fourth-order valence-corrected chi connectivity index (χ4v) is 2.59. The maximum atomic E-state index is 12.0. The van der Waals surface area contributed by atoms with Crippen LogP contribution < -0.4 is 5.32 Å². The molecule has 2 rings (SSSR count). The number of amides is 1. The first-order chi connectivity index (χ1) is 10.4. The molecule has 0 atom stereocenters. The average molecular weight is 322 g/mol. The molecule has 1 amide bonds. The highest BCUT2D eigenvalue weighted by Gasteiger charge is 2.21. The number of hydrogen-bond acceptors (Lipinski definition) is 4. The first-order valence-corrected chi connectivity index (χ1v) is 8.58. The Morgan fingerprint density at radius 2 is 1.91 bits per heavy atom. The van der Waals surface area contributed by atoms with Gasteiger partial charge >= 0.3 is 0 Å². The summed E-state index contributed by atoms with van der Waals surface area (Å²) in [6.45, 7) is 0.148. The second-order valence-electron chi connectivity index (χ2n) is 4.87. The van der Waals surface area contributed by atoms with Gasteiger partial charge in [0.15, 0.2) is 0 Å². The van der Waals surface area contributed by atoms with E-state index in [-0.39, 0.29) is 19.0 Å². The zero-order valence-electron chi connectivity index (χ0n) is 12.2. The molecule has 0 spiro atoms. The molecule has 1 aromatic heterocycles. The lowest BCUT2D eigenvalue weighted by Gasteiger charge is -2.18. The van der Waals surface area contributed by atoms with Gasteiger partial charge in [-0.05, 0) is 17.7 Å². The molecule has 0 saturated heterocycles. The maximum Gasteiger partial charge on any atom is 0.235 e. The fourth-order valence-electron chi connectivity index (χ4n) is 1.88. The smallest absolute Gasteiger partial charge is 0.235 e. The van der Waals surface area contributed by atoms with Crippen LogP contribution in [-0.2, 0) is 27.9 Å². The van der Waals surface area contributed by atoms with Crippen molar-refractivity contribution < 1.29 is 17.6 Å². The van der Waals surface area contributed by atoms with Gasteiger partial charge in [-0.15, -0.1) is 0 Å². The number of carbonyl (C=O) groups is 1. The average Bonchev–Trinajstić information content (AvgIpc) is 2.98. The third-order valence-electron chi connectivity index (χ3n) is 3.03. The summed E-state index contributed by atoms with van der Waals surface area (Å²) in [4.78, 5) is 12.0. The van der Waals surface area contributed by atoms with Crippen LogP contribution >= 0.6 is 0 Å². The van der Waals surface area contributed by atoms with Crippen molar-refractivity contribution in [1.29, 1.82) is 0 Å². The van der Waals surface area contributed by atoms with E-state index in [0.717, 1.165) is 16.1 Å². The zero-order valence-corrected chi connectivity index (χ0v) is 13.0. The summed E-state index contributed by atoms with van der Waals surface area (Å²) in [6.07, 6.45) is 2.53. The van der Waals surface area contributed by atoms with E-state index in [1.54, 1.807) is 12.1 Å². The topological polar surface area (TPSA) is 79.6 Å². The van der Waals surface area contributed by atoms with Gasteiger partial charge in [-0.1, -0.05) is 30.3 Å². The molecule has 1 N–H and O–H groups in total. The predicted octanol–water partition coefficient (Wildman–Crippen LogP) is 1.36. The summed E-state index contributed by atoms with van der Waals surface area (Å²) in [6, 6.07) is 12.8. The second kappa shape index (κ2) is 7.24. The third kappa shape index (κ3) is 5.01. The van der Waals surface area contributed by atoms with Crippen molar-refractivity contribution in [2.45, 2.75) is 13.1 Å². The quantitative estimate of drug-likeness (QED) is 0.834. The molecule has 0 aliphatic rings. The van der Waals surface area contributed by atoms with Gasteiger partial charge in [0, 0.05) is 6.54 Å². The number of benzene rings is 1. The van der Waals surface area contributed by atoms with E-state index in [4.69, 9.17) is 4.42 Å². The van der Waals surface area contributed by atoms with E-state index in [9.17, 15) is 13.2 Å². The van der Waals surface area contributed by atoms with Crippen molar-refractivity contribution in [2.75, 3.05) is 12.8 Å². The molecular weight excluding hydrogens is 304 g/mol. The Kier molecular flexibility index (Phi) is 5.35. The molecule has 0 aliphatic heterocycles. The predicted molar refractivity (Wildman–Crippen MR) is 82.3 cm³/mol. The highest BCUT2D eigenvalue weighted by molar-refractivity contribution is 7.88. The monoisotopic (exact) mass is 322 g/mol. The van der Waals surface area contributed by atoms with Gasteiger partial charge in [-0.2, -0.15) is 4.31 Å². The molecule has 118 valence electrons. The molecule has 0 radical (unpaired) electrons. The van der Waals surface area contributed by atoms with E-state index in [0.29, 0.717) is 12.3 Å². The summed E-state index contributed by atoms with van der Waals surface area (Å²) in [5.74, 6) is 0.127. The Morgan fingerprint density at radius 1 is 1.18 bits per heavy atom. The van der Waals surface area contributed by atoms with Crippen LogP contribution in [0.1, 0.15) is 11.3 Å². The van der Waals surface area contributed by atoms with Crippen LogP contribution in [0.15, 0.2) is 53.1 Å². The molecule has 7 heteroatoms. The Hall–Kier alpha value is -2.12. The first-order valence-electron chi connectivity index (χ1n) is 6.73. The van der Waals surface area contributed by atoms with Crippen LogP contribution in [0.3, 0.4) is 0 Å². The van der Waals surface area contributed by atoms with Crippen molar-refractivity contribution >= 4 is 15.9 Å². The number of rotatable bonds is 7. The highest BCUT2D eigenvalue weighted by atomic mass is 32.2. The molecule has 0 saturated carbocycles. The van der Waals surface area contributed by atoms with Gasteiger partial charge in [0.05, 0.1) is 25.6 Å². The van der Waals surface area contributed by atoms with Crippen molar-refractivity contribution in [3.05, 3.63) is 60.1 Å². The number of nitrogens with one attached hydrogen (secondary N) is 1. The number of hydrogen-bond donors (Lipinski definition) is 1. The summed E-state index contributed by atoms with van der Waals surface area (Å²) in [7, 11) is -3.51. The Bertz CT molecular complexity index is 696. The number of nitrogens with zero attached hydrogens (tertiary/aromatic N) is 1. The lowest BCUT2D eigenvalue weighted by molar-refractivity contribution is -0.121. The maximum absolute atomic E-state index is 12.0. The molecule has 0 unspecified atom stereocenters. The zero-order chi connectivity index (χ0) is 16.0. The van der Waals surface area contributed by atoms with Gasteiger partial charge in [0.25, 0.3) is 0 Å². The molecular formula is C15H18N2O4S. The molecule has 6 nitrogen and oxygen atoms in total. The van der Waals surface area contributed by atoms with Gasteiger partial charge in [0.1, 0.15) is 5.76 Å². The van der Waals surface area contributed by atoms with Crippen LogP contribution in [0.2, 0.25) is 0 Å². The van der Waals surface area contributed by atoms with Crippen LogP contribution in [0, 0.1) is 0 Å². The van der Waals surface area contributed by atoms with E-state index < -0.39 is 10.0 Å². The van der Waals surface area contributed by atoms with E-state index in [1.165, 1.54) is 6.26 Å². The van der Waals surface area contributed by atoms with Gasteiger partial charge < -0.3 is 9.73 Å². The number of carbonyl (C=O) groups excluding carboxylic acids is 1. The van der Waals surface area contributed by atoms with E-state index in [2.05, 4.69) is 5.32 Å². The minimum Gasteiger partial charge on any atom is -0.468 e. The van der Waals surface area contributed by atoms with E-state index >= 15 is 0 Å². The Morgan fingerprint density at radius 3 is 2.50 bits per heavy atom. The van der Waals surface area contributed by atoms with Crippen LogP contribution in [0.25, 0.3) is 0 Å². The van der Waals surface area contributed by atoms with Crippen molar-refractivity contribution in [1.82, 2.24) is 9.62 Å². The lowest BCUT2D eigenvalue weighted by atomic mass is 10.2. The highest BCUT2D eigenvalue weighted by Crippen LogP contribution is 2.08. The molecule has 2 aromatic rings. The lowest BCUT2D eigenvalue weighted by Crippen LogP contribution is -2.39. The SMILES string of the molecule is CS(=O)(=O)N(CC(=O)NCc1ccccc1)Cc1ccco1. The van der Waals surface area contributed by atoms with Crippen molar-refractivity contribution in [3.63, 3.8) is 0 Å². The molecule has 0 bridgehead atoms. The van der Waals surface area contributed by atoms with Crippen LogP contribution in [0.4, 0.5) is 0 Å². The first kappa shape index (κ1) is 16.3. The van der Waals surface area contributed by atoms with Crippen LogP contribution in [-0.4, -0.2) is 31.4 Å². The molecule has 0 aliphatic carbocycles. The van der Waals surface area contributed by atoms with Gasteiger partial charge in [-0.25, -0.2) is 8.42 Å². The largest absolute Gasteiger partial charge is 0.468 e. The van der Waals surface area contributed by atoms with Crippen LogP contribution in [0.5, 0.6) is 0 Å². The molecule has 1 heterocycles. The molecule has 1 aromatic carbocycles. The van der Waals surface area contributed by atoms with E-state index in [1.807, 2.05) is 30.3 Å². The summed E-state index contributed by atoms with van der Waals surface area (Å²) in [5, 5.41) is 2.71. The normalized spacial score (nSPS) is 11.5. The number of sulfonamides is 1. The summed E-state index contributed by atoms with van der Waals surface area (Å²) in [5.41, 5.74) is 0.952. The minimum atomic E-state index is -3.51. The summed E-state index contributed by atoms with van der Waals surface area (Å²) >= 11 is 0. The fraction of sp³-hybridized carbons (Fsp3) is 0.267. The summed E-state index contributed by atoms with van der Waals surface area (Å²) < 4.78 is 29.8. The molecule has 0 fully saturated rings. The van der Waals surface area contributed by atoms with Crippen molar-refractivity contribution in [3.8, 4) is 0 Å². The van der Waals surface area contributed by atoms with Gasteiger partial charge in [0.2, 0.25) is 15.9 Å². The number of furan rings is 1.